The summed E-state index contributed by atoms with van der Waals surface area (Å²) in [5.74, 6) is 0.110. The zero-order valence-electron chi connectivity index (χ0n) is 8.13. The molecule has 2 heteroatoms. The van der Waals surface area contributed by atoms with Crippen molar-refractivity contribution in [3.05, 3.63) is 34.9 Å². The molecule has 0 amide bonds. The van der Waals surface area contributed by atoms with Crippen molar-refractivity contribution in [3.63, 3.8) is 0 Å². The van der Waals surface area contributed by atoms with Gasteiger partial charge in [0, 0.05) is 12.1 Å². The quantitative estimate of drug-likeness (QED) is 0.717. The lowest BCUT2D eigenvalue weighted by atomic mass is 10.0. The summed E-state index contributed by atoms with van der Waals surface area (Å²) in [6.07, 6.45) is 0.924. The van der Waals surface area contributed by atoms with Crippen molar-refractivity contribution < 1.29 is 4.79 Å². The van der Waals surface area contributed by atoms with Gasteiger partial charge >= 0.3 is 0 Å². The average Bonchev–Trinajstić information content (AvgIpc) is 2.16. The minimum atomic E-state index is 0.110. The molecule has 0 saturated carbocycles. The van der Waals surface area contributed by atoms with Crippen molar-refractivity contribution in [2.75, 3.05) is 0 Å². The van der Waals surface area contributed by atoms with E-state index in [1.807, 2.05) is 18.2 Å². The third-order valence-corrected chi connectivity index (χ3v) is 2.21. The van der Waals surface area contributed by atoms with Crippen LogP contribution in [0.5, 0.6) is 0 Å². The van der Waals surface area contributed by atoms with Crippen LogP contribution in [0.15, 0.2) is 18.2 Å². The third-order valence-electron chi connectivity index (χ3n) is 2.21. The van der Waals surface area contributed by atoms with E-state index in [0.29, 0.717) is 6.54 Å². The van der Waals surface area contributed by atoms with Crippen molar-refractivity contribution in [3.8, 4) is 0 Å². The maximum Gasteiger partial charge on any atom is 0.159 e. The highest BCUT2D eigenvalue weighted by atomic mass is 16.1. The Morgan fingerprint density at radius 1 is 1.38 bits per heavy atom. The second kappa shape index (κ2) is 4.19. The molecule has 1 aromatic rings. The van der Waals surface area contributed by atoms with E-state index >= 15 is 0 Å². The van der Waals surface area contributed by atoms with Crippen LogP contribution in [-0.4, -0.2) is 5.78 Å². The summed E-state index contributed by atoms with van der Waals surface area (Å²) in [4.78, 5) is 11.1. The van der Waals surface area contributed by atoms with Crippen LogP contribution in [0, 0.1) is 0 Å². The van der Waals surface area contributed by atoms with Gasteiger partial charge in [-0.1, -0.05) is 19.1 Å². The van der Waals surface area contributed by atoms with Gasteiger partial charge < -0.3 is 5.73 Å². The summed E-state index contributed by atoms with van der Waals surface area (Å²) in [5.41, 5.74) is 8.65. The lowest BCUT2D eigenvalue weighted by Gasteiger charge is -2.06. The molecule has 0 aliphatic heterocycles. The number of hydrogen-bond donors (Lipinski definition) is 1. The highest BCUT2D eigenvalue weighted by Gasteiger charge is 2.03. The summed E-state index contributed by atoms with van der Waals surface area (Å²) in [5, 5.41) is 0. The number of aryl methyl sites for hydroxylation is 1. The molecule has 0 spiro atoms. The molecule has 0 saturated heterocycles. The first-order valence-electron chi connectivity index (χ1n) is 4.51. The molecule has 0 atom stereocenters. The number of benzene rings is 1. The normalized spacial score (nSPS) is 10.1. The highest BCUT2D eigenvalue weighted by molar-refractivity contribution is 5.94. The molecule has 70 valence electrons. The predicted molar refractivity (Wildman–Crippen MR) is 53.7 cm³/mol. The zero-order chi connectivity index (χ0) is 9.84. The Morgan fingerprint density at radius 2 is 2.08 bits per heavy atom. The number of carbonyl (C=O) groups is 1. The van der Waals surface area contributed by atoms with Crippen molar-refractivity contribution >= 4 is 5.78 Å². The van der Waals surface area contributed by atoms with Crippen LogP contribution in [-0.2, 0) is 13.0 Å². The van der Waals surface area contributed by atoms with Gasteiger partial charge in [-0.15, -0.1) is 0 Å². The number of hydrogen-bond acceptors (Lipinski definition) is 2. The van der Waals surface area contributed by atoms with Gasteiger partial charge in [-0.3, -0.25) is 4.79 Å². The Balaban J connectivity index is 3.13. The Morgan fingerprint density at radius 3 is 2.54 bits per heavy atom. The van der Waals surface area contributed by atoms with Gasteiger partial charge in [0.25, 0.3) is 0 Å². The van der Waals surface area contributed by atoms with E-state index in [0.717, 1.165) is 17.5 Å². The third kappa shape index (κ3) is 2.16. The molecule has 0 aliphatic carbocycles. The molecule has 0 unspecified atom stereocenters. The maximum absolute atomic E-state index is 11.1. The van der Waals surface area contributed by atoms with Gasteiger partial charge in [-0.2, -0.15) is 0 Å². The molecule has 1 aromatic carbocycles. The summed E-state index contributed by atoms with van der Waals surface area (Å²) in [6, 6.07) is 5.71. The van der Waals surface area contributed by atoms with Crippen molar-refractivity contribution in [1.29, 1.82) is 0 Å². The Labute approximate surface area is 78.8 Å². The number of ketones is 1. The van der Waals surface area contributed by atoms with Gasteiger partial charge in [-0.05, 0) is 30.5 Å². The van der Waals surface area contributed by atoms with Crippen LogP contribution in [0.1, 0.15) is 35.3 Å². The second-order valence-electron chi connectivity index (χ2n) is 3.10. The Bertz CT molecular complexity index is 318. The fraction of sp³-hybridized carbons (Fsp3) is 0.364. The maximum atomic E-state index is 11.1. The smallest absolute Gasteiger partial charge is 0.159 e. The van der Waals surface area contributed by atoms with Gasteiger partial charge in [0.05, 0.1) is 0 Å². The summed E-state index contributed by atoms with van der Waals surface area (Å²) in [6.45, 7) is 4.19. The van der Waals surface area contributed by atoms with Crippen LogP contribution in [0.25, 0.3) is 0 Å². The molecule has 0 aliphatic rings. The van der Waals surface area contributed by atoms with E-state index in [-0.39, 0.29) is 5.78 Å². The average molecular weight is 177 g/mol. The lowest BCUT2D eigenvalue weighted by molar-refractivity contribution is 0.101. The number of Topliss-reactive ketones (excluding diaryl/α,β-unsaturated/α-hetero) is 1. The molecule has 2 N–H and O–H groups in total. The largest absolute Gasteiger partial charge is 0.326 e. The van der Waals surface area contributed by atoms with Crippen molar-refractivity contribution in [2.45, 2.75) is 26.8 Å². The monoisotopic (exact) mass is 177 g/mol. The van der Waals surface area contributed by atoms with E-state index in [1.165, 1.54) is 5.56 Å². The van der Waals surface area contributed by atoms with Gasteiger partial charge in [0.1, 0.15) is 0 Å². The number of carbonyl (C=O) groups excluding carboxylic acids is 1. The zero-order valence-corrected chi connectivity index (χ0v) is 8.13. The Hall–Kier alpha value is -1.15. The molecular formula is C11H15NO. The minimum Gasteiger partial charge on any atom is -0.326 e. The molecular weight excluding hydrogens is 162 g/mol. The van der Waals surface area contributed by atoms with Crippen LogP contribution in [0.2, 0.25) is 0 Å². The summed E-state index contributed by atoms with van der Waals surface area (Å²) in [7, 11) is 0. The van der Waals surface area contributed by atoms with Gasteiger partial charge in [0.15, 0.2) is 5.78 Å². The number of nitrogens with two attached hydrogens (primary N) is 1. The molecule has 13 heavy (non-hydrogen) atoms. The molecule has 0 heterocycles. The lowest BCUT2D eigenvalue weighted by Crippen LogP contribution is -2.03. The minimum absolute atomic E-state index is 0.110. The summed E-state index contributed by atoms with van der Waals surface area (Å²) < 4.78 is 0. The molecule has 0 bridgehead atoms. The SMILES string of the molecule is CCc1cc(C(C)=O)ccc1CN. The van der Waals surface area contributed by atoms with E-state index in [2.05, 4.69) is 6.92 Å². The van der Waals surface area contributed by atoms with Crippen LogP contribution in [0.3, 0.4) is 0 Å². The van der Waals surface area contributed by atoms with E-state index in [4.69, 9.17) is 5.73 Å². The van der Waals surface area contributed by atoms with E-state index in [9.17, 15) is 4.79 Å². The molecule has 1 rings (SSSR count). The first-order valence-corrected chi connectivity index (χ1v) is 4.51. The Kier molecular flexibility index (Phi) is 3.20. The van der Waals surface area contributed by atoms with Crippen LogP contribution >= 0.6 is 0 Å². The first kappa shape index (κ1) is 9.93. The predicted octanol–water partition coefficient (Wildman–Crippen LogP) is 1.91. The summed E-state index contributed by atoms with van der Waals surface area (Å²) >= 11 is 0. The van der Waals surface area contributed by atoms with Crippen LogP contribution in [0.4, 0.5) is 0 Å². The molecule has 0 radical (unpaired) electrons. The van der Waals surface area contributed by atoms with Gasteiger partial charge in [-0.25, -0.2) is 0 Å². The fourth-order valence-electron chi connectivity index (χ4n) is 1.37. The fourth-order valence-corrected chi connectivity index (χ4v) is 1.37. The van der Waals surface area contributed by atoms with E-state index in [1.54, 1.807) is 6.92 Å². The first-order chi connectivity index (χ1) is 6.19. The standard InChI is InChI=1S/C11H15NO/c1-3-9-6-10(8(2)13)4-5-11(9)7-12/h4-6H,3,7,12H2,1-2H3. The molecule has 2 nitrogen and oxygen atoms in total. The van der Waals surface area contributed by atoms with Gasteiger partial charge in [0.2, 0.25) is 0 Å². The second-order valence-corrected chi connectivity index (χ2v) is 3.10. The topological polar surface area (TPSA) is 43.1 Å². The van der Waals surface area contributed by atoms with Crippen molar-refractivity contribution in [2.24, 2.45) is 5.73 Å². The van der Waals surface area contributed by atoms with Crippen molar-refractivity contribution in [1.82, 2.24) is 0 Å². The molecule has 0 aromatic heterocycles. The highest BCUT2D eigenvalue weighted by Crippen LogP contribution is 2.12. The van der Waals surface area contributed by atoms with E-state index < -0.39 is 0 Å². The number of rotatable bonds is 3. The van der Waals surface area contributed by atoms with Crippen LogP contribution < -0.4 is 5.73 Å². The molecule has 0 fully saturated rings.